The molecule has 3 heteroatoms. The highest BCUT2D eigenvalue weighted by molar-refractivity contribution is 7.85. The molecule has 0 aromatic heterocycles. The molecular formula is C34H26NOP. The first-order valence-electron chi connectivity index (χ1n) is 12.4. The van der Waals surface area contributed by atoms with E-state index in [4.69, 9.17) is 0 Å². The first kappa shape index (κ1) is 23.0. The predicted molar refractivity (Wildman–Crippen MR) is 158 cm³/mol. The second-order valence-corrected chi connectivity index (χ2v) is 11.7. The molecule has 178 valence electrons. The van der Waals surface area contributed by atoms with Crippen LogP contribution in [0.15, 0.2) is 158 Å². The average molecular weight is 496 g/mol. The van der Waals surface area contributed by atoms with Gasteiger partial charge in [-0.15, -0.1) is 0 Å². The van der Waals surface area contributed by atoms with Gasteiger partial charge in [0.15, 0.2) is 7.14 Å². The molecule has 0 spiro atoms. The first-order chi connectivity index (χ1) is 18.2. The van der Waals surface area contributed by atoms with Crippen molar-refractivity contribution in [3.05, 3.63) is 158 Å². The van der Waals surface area contributed by atoms with Gasteiger partial charge in [0, 0.05) is 27.3 Å². The Labute approximate surface area is 217 Å². The number of nitrogens with zero attached hydrogens (tertiary/aromatic N) is 1. The molecule has 0 radical (unpaired) electrons. The molecule has 0 heterocycles. The third kappa shape index (κ3) is 4.27. The van der Waals surface area contributed by atoms with E-state index in [1.807, 2.05) is 103 Å². The molecule has 0 saturated carbocycles. The Morgan fingerprint density at radius 3 is 1.27 bits per heavy atom. The van der Waals surface area contributed by atoms with Crippen molar-refractivity contribution in [1.82, 2.24) is 0 Å². The lowest BCUT2D eigenvalue weighted by Crippen LogP contribution is -2.29. The molecule has 2 nitrogen and oxygen atoms in total. The van der Waals surface area contributed by atoms with E-state index in [0.29, 0.717) is 0 Å². The summed E-state index contributed by atoms with van der Waals surface area (Å²) >= 11 is 0. The van der Waals surface area contributed by atoms with Crippen molar-refractivity contribution in [2.45, 2.75) is 0 Å². The second-order valence-electron chi connectivity index (χ2n) is 8.97. The fraction of sp³-hybridized carbons (Fsp3) is 0. The summed E-state index contributed by atoms with van der Waals surface area (Å²) in [5.41, 5.74) is 2.93. The number of rotatable bonds is 6. The van der Waals surface area contributed by atoms with E-state index >= 15 is 4.57 Å². The summed E-state index contributed by atoms with van der Waals surface area (Å²) < 4.78 is 15.6. The lowest BCUT2D eigenvalue weighted by atomic mass is 10.1. The fourth-order valence-electron chi connectivity index (χ4n) is 4.93. The molecule has 0 atom stereocenters. The minimum atomic E-state index is -3.25. The van der Waals surface area contributed by atoms with Gasteiger partial charge in [-0.2, -0.15) is 0 Å². The molecule has 6 rings (SSSR count). The van der Waals surface area contributed by atoms with Gasteiger partial charge in [-0.25, -0.2) is 0 Å². The number of fused-ring (bicyclic) bond motifs is 1. The van der Waals surface area contributed by atoms with Crippen molar-refractivity contribution >= 4 is 50.9 Å². The van der Waals surface area contributed by atoms with Gasteiger partial charge >= 0.3 is 0 Å². The summed E-state index contributed by atoms with van der Waals surface area (Å²) in [6.45, 7) is 0. The lowest BCUT2D eigenvalue weighted by Gasteiger charge is -2.31. The summed E-state index contributed by atoms with van der Waals surface area (Å²) in [6, 6.07) is 53.0. The van der Waals surface area contributed by atoms with Crippen LogP contribution in [0.4, 0.5) is 17.1 Å². The van der Waals surface area contributed by atoms with E-state index in [1.54, 1.807) is 0 Å². The summed E-state index contributed by atoms with van der Waals surface area (Å²) in [5, 5.41) is 4.62. The number of hydrogen-bond acceptors (Lipinski definition) is 2. The standard InChI is InChI=1S/C34H26NOP/c36-37(31-21-9-3-10-22-31,32-23-11-4-12-24-32)34-26-28-16-14-13-15-27(28)25-33(34)35(29-17-5-1-6-18-29)30-19-7-2-8-20-30/h1-26H. The zero-order valence-corrected chi connectivity index (χ0v) is 21.2. The van der Waals surface area contributed by atoms with Gasteiger partial charge in [0.25, 0.3) is 0 Å². The summed E-state index contributed by atoms with van der Waals surface area (Å²) in [4.78, 5) is 2.22. The van der Waals surface area contributed by atoms with Gasteiger partial charge in [-0.1, -0.05) is 121 Å². The average Bonchev–Trinajstić information content (AvgIpc) is 2.98. The molecule has 0 N–H and O–H groups in total. The zero-order valence-electron chi connectivity index (χ0n) is 20.3. The maximum atomic E-state index is 15.6. The van der Waals surface area contributed by atoms with E-state index in [-0.39, 0.29) is 0 Å². The highest BCUT2D eigenvalue weighted by Crippen LogP contribution is 2.48. The van der Waals surface area contributed by atoms with Crippen molar-refractivity contribution < 1.29 is 4.57 Å². The Bertz CT molecular complexity index is 1600. The molecule has 0 bridgehead atoms. The van der Waals surface area contributed by atoms with Gasteiger partial charge in [0.05, 0.1) is 5.69 Å². The van der Waals surface area contributed by atoms with Crippen LogP contribution in [0.5, 0.6) is 0 Å². The summed E-state index contributed by atoms with van der Waals surface area (Å²) in [7, 11) is -3.25. The molecule has 0 saturated heterocycles. The molecule has 0 aliphatic heterocycles. The third-order valence-corrected chi connectivity index (χ3v) is 9.78. The Hall–Kier alpha value is -4.39. The van der Waals surface area contributed by atoms with Crippen molar-refractivity contribution in [3.8, 4) is 0 Å². The van der Waals surface area contributed by atoms with Crippen LogP contribution < -0.4 is 20.8 Å². The Kier molecular flexibility index (Phi) is 6.18. The molecule has 0 fully saturated rings. The maximum Gasteiger partial charge on any atom is 0.173 e. The number of anilines is 3. The van der Waals surface area contributed by atoms with Crippen LogP contribution in [0.3, 0.4) is 0 Å². The Morgan fingerprint density at radius 1 is 0.432 bits per heavy atom. The third-order valence-electron chi connectivity index (χ3n) is 6.69. The van der Waals surface area contributed by atoms with Crippen LogP contribution in [0.1, 0.15) is 0 Å². The smallest absolute Gasteiger partial charge is 0.173 e. The molecule has 6 aromatic rings. The van der Waals surface area contributed by atoms with Crippen LogP contribution in [0.2, 0.25) is 0 Å². The highest BCUT2D eigenvalue weighted by atomic mass is 31.2. The Morgan fingerprint density at radius 2 is 0.811 bits per heavy atom. The predicted octanol–water partition coefficient (Wildman–Crippen LogP) is 7.95. The van der Waals surface area contributed by atoms with Crippen molar-refractivity contribution in [1.29, 1.82) is 0 Å². The van der Waals surface area contributed by atoms with Gasteiger partial charge < -0.3 is 9.46 Å². The fourth-order valence-corrected chi connectivity index (χ4v) is 7.78. The molecular weight excluding hydrogens is 469 g/mol. The van der Waals surface area contributed by atoms with Crippen LogP contribution in [0.25, 0.3) is 10.8 Å². The molecule has 6 aromatic carbocycles. The number of para-hydroxylation sites is 2. The van der Waals surface area contributed by atoms with Crippen LogP contribution in [-0.2, 0) is 4.57 Å². The van der Waals surface area contributed by atoms with Crippen LogP contribution in [0, 0.1) is 0 Å². The number of benzene rings is 6. The quantitative estimate of drug-likeness (QED) is 0.219. The number of hydrogen-bond donors (Lipinski definition) is 0. The van der Waals surface area contributed by atoms with E-state index in [9.17, 15) is 0 Å². The zero-order chi connectivity index (χ0) is 25.1. The first-order valence-corrected chi connectivity index (χ1v) is 14.1. The molecule has 0 aliphatic carbocycles. The van der Waals surface area contributed by atoms with Crippen molar-refractivity contribution in [2.24, 2.45) is 0 Å². The maximum absolute atomic E-state index is 15.6. The second kappa shape index (κ2) is 9.93. The molecule has 0 unspecified atom stereocenters. The summed E-state index contributed by atoms with van der Waals surface area (Å²) in [6.07, 6.45) is 0. The van der Waals surface area contributed by atoms with Gasteiger partial charge in [-0.3, -0.25) is 0 Å². The molecule has 0 aliphatic rings. The van der Waals surface area contributed by atoms with Gasteiger partial charge in [0.1, 0.15) is 0 Å². The van der Waals surface area contributed by atoms with Crippen LogP contribution in [-0.4, -0.2) is 0 Å². The SMILES string of the molecule is O=P(c1ccccc1)(c1ccccc1)c1cc2ccccc2cc1N(c1ccccc1)c1ccccc1. The normalized spacial score (nSPS) is 11.4. The van der Waals surface area contributed by atoms with Crippen molar-refractivity contribution in [3.63, 3.8) is 0 Å². The Balaban J connectivity index is 1.74. The molecule has 37 heavy (non-hydrogen) atoms. The topological polar surface area (TPSA) is 20.3 Å². The highest BCUT2D eigenvalue weighted by Gasteiger charge is 2.34. The lowest BCUT2D eigenvalue weighted by molar-refractivity contribution is 0.592. The largest absolute Gasteiger partial charge is 0.310 e. The van der Waals surface area contributed by atoms with E-state index in [0.717, 1.165) is 43.7 Å². The van der Waals surface area contributed by atoms with Gasteiger partial charge in [0.2, 0.25) is 0 Å². The van der Waals surface area contributed by atoms with E-state index in [1.165, 1.54) is 0 Å². The van der Waals surface area contributed by atoms with Crippen LogP contribution >= 0.6 is 7.14 Å². The van der Waals surface area contributed by atoms with E-state index in [2.05, 4.69) is 59.5 Å². The minimum absolute atomic E-state index is 0.816. The molecule has 0 amide bonds. The monoisotopic (exact) mass is 495 g/mol. The summed E-state index contributed by atoms with van der Waals surface area (Å²) in [5.74, 6) is 0. The van der Waals surface area contributed by atoms with E-state index < -0.39 is 7.14 Å². The van der Waals surface area contributed by atoms with Gasteiger partial charge in [-0.05, 0) is 47.2 Å². The van der Waals surface area contributed by atoms with Crippen molar-refractivity contribution in [2.75, 3.05) is 4.90 Å². The minimum Gasteiger partial charge on any atom is -0.310 e.